The van der Waals surface area contributed by atoms with Gasteiger partial charge >= 0.3 is 5.97 Å². The van der Waals surface area contributed by atoms with Crippen LogP contribution in [-0.4, -0.2) is 17.6 Å². The van der Waals surface area contributed by atoms with Gasteiger partial charge in [0, 0.05) is 18.8 Å². The fraction of sp³-hybridized carbons (Fsp3) is 0.429. The summed E-state index contributed by atoms with van der Waals surface area (Å²) in [4.78, 5) is 16.0. The zero-order valence-corrected chi connectivity index (χ0v) is 15.3. The number of aromatic nitrogens is 1. The number of carbonyl (C=O) groups excluding carboxylic acids is 1. The standard InChI is InChI=1S/C21H27NO3/c1-16(2)19-9-8-17(3)15-20(19)25-21(23)7-5-4-6-14-24-18-10-12-22-13-11-18/h8-13,15-16H,4-7,14H2,1-3H3. The van der Waals surface area contributed by atoms with E-state index in [2.05, 4.69) is 24.9 Å². The molecule has 1 aromatic heterocycles. The lowest BCUT2D eigenvalue weighted by Crippen LogP contribution is -2.10. The van der Waals surface area contributed by atoms with Gasteiger partial charge in [-0.05, 0) is 61.4 Å². The summed E-state index contributed by atoms with van der Waals surface area (Å²) >= 11 is 0. The Kier molecular flexibility index (Phi) is 7.45. The number of hydrogen-bond donors (Lipinski definition) is 0. The van der Waals surface area contributed by atoms with E-state index in [0.29, 0.717) is 24.7 Å². The Morgan fingerprint density at radius 3 is 2.56 bits per heavy atom. The monoisotopic (exact) mass is 341 g/mol. The largest absolute Gasteiger partial charge is 0.493 e. The first-order valence-electron chi connectivity index (χ1n) is 8.90. The summed E-state index contributed by atoms with van der Waals surface area (Å²) in [6, 6.07) is 9.71. The fourth-order valence-corrected chi connectivity index (χ4v) is 2.55. The summed E-state index contributed by atoms with van der Waals surface area (Å²) in [7, 11) is 0. The second-order valence-corrected chi connectivity index (χ2v) is 6.51. The maximum absolute atomic E-state index is 12.1. The van der Waals surface area contributed by atoms with Gasteiger partial charge in [-0.25, -0.2) is 0 Å². The molecule has 0 radical (unpaired) electrons. The van der Waals surface area contributed by atoms with E-state index < -0.39 is 0 Å². The second kappa shape index (κ2) is 9.82. The number of aryl methyl sites for hydroxylation is 1. The van der Waals surface area contributed by atoms with Crippen LogP contribution in [0.2, 0.25) is 0 Å². The summed E-state index contributed by atoms with van der Waals surface area (Å²) < 4.78 is 11.2. The van der Waals surface area contributed by atoms with E-state index in [0.717, 1.165) is 36.1 Å². The van der Waals surface area contributed by atoms with Crippen LogP contribution in [0.25, 0.3) is 0 Å². The maximum atomic E-state index is 12.1. The number of benzene rings is 1. The number of unbranched alkanes of at least 4 members (excludes halogenated alkanes) is 2. The lowest BCUT2D eigenvalue weighted by atomic mass is 10.0. The molecule has 0 bridgehead atoms. The minimum atomic E-state index is -0.164. The van der Waals surface area contributed by atoms with Crippen LogP contribution in [0.15, 0.2) is 42.7 Å². The van der Waals surface area contributed by atoms with Crippen molar-refractivity contribution in [2.75, 3.05) is 6.61 Å². The molecule has 0 saturated carbocycles. The van der Waals surface area contributed by atoms with E-state index in [1.807, 2.05) is 31.2 Å². The Bertz CT molecular complexity index is 668. The Balaban J connectivity index is 1.68. The van der Waals surface area contributed by atoms with Gasteiger partial charge in [-0.1, -0.05) is 26.0 Å². The van der Waals surface area contributed by atoms with Crippen molar-refractivity contribution in [1.82, 2.24) is 4.98 Å². The average molecular weight is 341 g/mol. The molecule has 0 saturated heterocycles. The van der Waals surface area contributed by atoms with Gasteiger partial charge < -0.3 is 9.47 Å². The topological polar surface area (TPSA) is 48.4 Å². The number of nitrogens with zero attached hydrogens (tertiary/aromatic N) is 1. The van der Waals surface area contributed by atoms with Crippen LogP contribution in [0.3, 0.4) is 0 Å². The molecule has 134 valence electrons. The Labute approximate surface area is 150 Å². The molecule has 0 amide bonds. The van der Waals surface area contributed by atoms with E-state index >= 15 is 0 Å². The van der Waals surface area contributed by atoms with Crippen LogP contribution in [0.1, 0.15) is 56.6 Å². The number of pyridine rings is 1. The molecular formula is C21H27NO3. The molecule has 0 aliphatic heterocycles. The number of hydrogen-bond acceptors (Lipinski definition) is 4. The summed E-state index contributed by atoms with van der Waals surface area (Å²) in [6.07, 6.45) is 6.51. The van der Waals surface area contributed by atoms with Gasteiger partial charge in [0.2, 0.25) is 0 Å². The summed E-state index contributed by atoms with van der Waals surface area (Å²) in [5.41, 5.74) is 2.17. The van der Waals surface area contributed by atoms with Crippen LogP contribution in [0.4, 0.5) is 0 Å². The molecule has 0 spiro atoms. The molecule has 1 heterocycles. The molecular weight excluding hydrogens is 314 g/mol. The van der Waals surface area contributed by atoms with Gasteiger partial charge in [-0.15, -0.1) is 0 Å². The zero-order chi connectivity index (χ0) is 18.1. The predicted molar refractivity (Wildman–Crippen MR) is 99.1 cm³/mol. The highest BCUT2D eigenvalue weighted by Crippen LogP contribution is 2.28. The van der Waals surface area contributed by atoms with Crippen molar-refractivity contribution < 1.29 is 14.3 Å². The molecule has 2 rings (SSSR count). The first kappa shape index (κ1) is 19.0. The Morgan fingerprint density at radius 2 is 1.84 bits per heavy atom. The molecule has 0 aliphatic rings. The highest BCUT2D eigenvalue weighted by atomic mass is 16.5. The third-order valence-corrected chi connectivity index (χ3v) is 3.96. The molecule has 1 aromatic carbocycles. The van der Waals surface area contributed by atoms with E-state index in [1.165, 1.54) is 0 Å². The predicted octanol–water partition coefficient (Wildman–Crippen LogP) is 5.06. The van der Waals surface area contributed by atoms with Gasteiger partial charge in [-0.3, -0.25) is 9.78 Å². The Morgan fingerprint density at radius 1 is 1.08 bits per heavy atom. The molecule has 4 heteroatoms. The molecule has 2 aromatic rings. The number of rotatable bonds is 9. The fourth-order valence-electron chi connectivity index (χ4n) is 2.55. The van der Waals surface area contributed by atoms with E-state index in [1.54, 1.807) is 12.4 Å². The molecule has 0 unspecified atom stereocenters. The van der Waals surface area contributed by atoms with Crippen molar-refractivity contribution in [2.24, 2.45) is 0 Å². The van der Waals surface area contributed by atoms with Crippen LogP contribution in [0.5, 0.6) is 11.5 Å². The number of ether oxygens (including phenoxy) is 2. The maximum Gasteiger partial charge on any atom is 0.311 e. The van der Waals surface area contributed by atoms with Gasteiger partial charge in [0.05, 0.1) is 6.61 Å². The van der Waals surface area contributed by atoms with Crippen molar-refractivity contribution >= 4 is 5.97 Å². The van der Waals surface area contributed by atoms with Gasteiger partial charge in [0.15, 0.2) is 0 Å². The smallest absolute Gasteiger partial charge is 0.311 e. The Hall–Kier alpha value is -2.36. The van der Waals surface area contributed by atoms with Crippen LogP contribution < -0.4 is 9.47 Å². The van der Waals surface area contributed by atoms with Crippen LogP contribution in [-0.2, 0) is 4.79 Å². The average Bonchev–Trinajstić information content (AvgIpc) is 2.58. The molecule has 0 aliphatic carbocycles. The first-order chi connectivity index (χ1) is 12.1. The number of carbonyl (C=O) groups is 1. The third kappa shape index (κ3) is 6.57. The van der Waals surface area contributed by atoms with Crippen LogP contribution >= 0.6 is 0 Å². The van der Waals surface area contributed by atoms with Gasteiger partial charge in [-0.2, -0.15) is 0 Å². The van der Waals surface area contributed by atoms with E-state index in [4.69, 9.17) is 9.47 Å². The SMILES string of the molecule is Cc1ccc(C(C)C)c(OC(=O)CCCCCOc2ccncc2)c1. The second-order valence-electron chi connectivity index (χ2n) is 6.51. The van der Waals surface area contributed by atoms with Crippen molar-refractivity contribution in [2.45, 2.75) is 52.4 Å². The highest BCUT2D eigenvalue weighted by Gasteiger charge is 2.12. The highest BCUT2D eigenvalue weighted by molar-refractivity contribution is 5.72. The number of esters is 1. The van der Waals surface area contributed by atoms with Crippen LogP contribution in [0, 0.1) is 6.92 Å². The quantitative estimate of drug-likeness (QED) is 0.363. The molecule has 4 nitrogen and oxygen atoms in total. The minimum Gasteiger partial charge on any atom is -0.493 e. The first-order valence-corrected chi connectivity index (χ1v) is 8.90. The molecule has 0 N–H and O–H groups in total. The summed E-state index contributed by atoms with van der Waals surface area (Å²) in [5, 5.41) is 0. The van der Waals surface area contributed by atoms with Crippen molar-refractivity contribution in [3.63, 3.8) is 0 Å². The van der Waals surface area contributed by atoms with Gasteiger partial charge in [0.25, 0.3) is 0 Å². The minimum absolute atomic E-state index is 0.164. The van der Waals surface area contributed by atoms with Crippen molar-refractivity contribution in [3.05, 3.63) is 53.9 Å². The van der Waals surface area contributed by atoms with E-state index in [-0.39, 0.29) is 5.97 Å². The third-order valence-electron chi connectivity index (χ3n) is 3.96. The summed E-state index contributed by atoms with van der Waals surface area (Å²) in [5.74, 6) is 1.69. The lowest BCUT2D eigenvalue weighted by Gasteiger charge is -2.13. The van der Waals surface area contributed by atoms with Gasteiger partial charge in [0.1, 0.15) is 11.5 Å². The normalized spacial score (nSPS) is 10.7. The van der Waals surface area contributed by atoms with Crippen molar-refractivity contribution in [3.8, 4) is 11.5 Å². The summed E-state index contributed by atoms with van der Waals surface area (Å²) in [6.45, 7) is 6.86. The zero-order valence-electron chi connectivity index (χ0n) is 15.3. The molecule has 25 heavy (non-hydrogen) atoms. The van der Waals surface area contributed by atoms with Crippen molar-refractivity contribution in [1.29, 1.82) is 0 Å². The lowest BCUT2D eigenvalue weighted by molar-refractivity contribution is -0.134. The molecule has 0 fully saturated rings. The van der Waals surface area contributed by atoms with E-state index in [9.17, 15) is 4.79 Å². The molecule has 0 atom stereocenters.